The summed E-state index contributed by atoms with van der Waals surface area (Å²) in [6, 6.07) is 4.81. The van der Waals surface area contributed by atoms with Gasteiger partial charge >= 0.3 is 6.18 Å². The van der Waals surface area contributed by atoms with Gasteiger partial charge in [0.15, 0.2) is 0 Å². The van der Waals surface area contributed by atoms with E-state index >= 15 is 0 Å². The Balaban J connectivity index is 2.65. The zero-order valence-corrected chi connectivity index (χ0v) is 10.7. The maximum absolute atomic E-state index is 12.7. The van der Waals surface area contributed by atoms with Crippen molar-refractivity contribution >= 4 is 17.3 Å². The van der Waals surface area contributed by atoms with Gasteiger partial charge in [-0.15, -0.1) is 0 Å². The summed E-state index contributed by atoms with van der Waals surface area (Å²) in [5.74, 6) is 0. The molecule has 6 heteroatoms. The average Bonchev–Trinajstić information content (AvgIpc) is 2.32. The van der Waals surface area contributed by atoms with Crippen LogP contribution in [0.2, 0.25) is 5.15 Å². The molecule has 0 aliphatic rings. The number of rotatable bonds is 1. The zero-order chi connectivity index (χ0) is 14.2. The summed E-state index contributed by atoms with van der Waals surface area (Å²) >= 11 is 5.87. The van der Waals surface area contributed by atoms with E-state index in [0.29, 0.717) is 16.7 Å². The summed E-state index contributed by atoms with van der Waals surface area (Å²) in [6.45, 7) is 1.68. The third-order valence-corrected chi connectivity index (χ3v) is 3.19. The second-order valence-corrected chi connectivity index (χ2v) is 4.43. The maximum Gasteiger partial charge on any atom is 0.416 e. The molecule has 2 nitrogen and oxygen atoms in total. The van der Waals surface area contributed by atoms with Gasteiger partial charge in [0.25, 0.3) is 0 Å². The summed E-state index contributed by atoms with van der Waals surface area (Å²) in [5, 5.41) is 0.245. The van der Waals surface area contributed by atoms with Gasteiger partial charge in [-0.05, 0) is 42.3 Å². The largest absolute Gasteiger partial charge is 0.416 e. The van der Waals surface area contributed by atoms with E-state index in [1.54, 1.807) is 13.0 Å². The molecule has 0 amide bonds. The van der Waals surface area contributed by atoms with Crippen LogP contribution in [0, 0.1) is 6.92 Å². The van der Waals surface area contributed by atoms with Crippen molar-refractivity contribution in [3.05, 3.63) is 46.7 Å². The number of nitrogen functional groups attached to an aromatic ring is 1. The average molecular weight is 287 g/mol. The van der Waals surface area contributed by atoms with Crippen LogP contribution in [0.4, 0.5) is 18.9 Å². The first kappa shape index (κ1) is 13.7. The number of nitrogens with two attached hydrogens (primary N) is 1. The van der Waals surface area contributed by atoms with Crippen LogP contribution in [0.5, 0.6) is 0 Å². The normalized spacial score (nSPS) is 11.6. The Morgan fingerprint density at radius 3 is 2.47 bits per heavy atom. The SMILES string of the molecule is Cc1c(-c2cc(C(F)(F)F)ccc2N)ccnc1Cl. The lowest BCUT2D eigenvalue weighted by Crippen LogP contribution is -2.06. The van der Waals surface area contributed by atoms with Crippen molar-refractivity contribution in [1.82, 2.24) is 4.98 Å². The lowest BCUT2D eigenvalue weighted by molar-refractivity contribution is -0.137. The van der Waals surface area contributed by atoms with Gasteiger partial charge in [-0.25, -0.2) is 4.98 Å². The molecule has 2 aromatic rings. The minimum atomic E-state index is -4.41. The summed E-state index contributed by atoms with van der Waals surface area (Å²) in [5.41, 5.74) is 6.71. The van der Waals surface area contributed by atoms with Crippen LogP contribution >= 0.6 is 11.6 Å². The van der Waals surface area contributed by atoms with Crippen LogP contribution in [-0.4, -0.2) is 4.98 Å². The van der Waals surface area contributed by atoms with Crippen LogP contribution in [0.15, 0.2) is 30.5 Å². The van der Waals surface area contributed by atoms with Crippen molar-refractivity contribution in [3.8, 4) is 11.1 Å². The molecule has 1 aromatic heterocycles. The van der Waals surface area contributed by atoms with Crippen LogP contribution in [0.1, 0.15) is 11.1 Å². The predicted molar refractivity (Wildman–Crippen MR) is 68.8 cm³/mol. The minimum Gasteiger partial charge on any atom is -0.398 e. The fraction of sp³-hybridized carbons (Fsp3) is 0.154. The highest BCUT2D eigenvalue weighted by atomic mass is 35.5. The van der Waals surface area contributed by atoms with Gasteiger partial charge in [0.05, 0.1) is 5.56 Å². The van der Waals surface area contributed by atoms with Crippen LogP contribution in [-0.2, 0) is 6.18 Å². The number of halogens is 4. The maximum atomic E-state index is 12.7. The molecule has 0 aliphatic carbocycles. The number of benzene rings is 1. The topological polar surface area (TPSA) is 38.9 Å². The molecular weight excluding hydrogens is 277 g/mol. The fourth-order valence-electron chi connectivity index (χ4n) is 1.77. The molecule has 0 fully saturated rings. The first-order valence-corrected chi connectivity index (χ1v) is 5.76. The van der Waals surface area contributed by atoms with Crippen LogP contribution in [0.3, 0.4) is 0 Å². The van der Waals surface area contributed by atoms with Crippen molar-refractivity contribution in [2.45, 2.75) is 13.1 Å². The van der Waals surface area contributed by atoms with Crippen molar-refractivity contribution in [2.24, 2.45) is 0 Å². The van der Waals surface area contributed by atoms with Crippen LogP contribution in [0.25, 0.3) is 11.1 Å². The zero-order valence-electron chi connectivity index (χ0n) is 9.92. The van der Waals surface area contributed by atoms with Gasteiger partial charge in [0, 0.05) is 17.4 Å². The molecule has 2 N–H and O–H groups in total. The number of nitrogens with zero attached hydrogens (tertiary/aromatic N) is 1. The molecule has 19 heavy (non-hydrogen) atoms. The van der Waals surface area contributed by atoms with E-state index in [-0.39, 0.29) is 10.8 Å². The van der Waals surface area contributed by atoms with Crippen LogP contribution < -0.4 is 5.73 Å². The van der Waals surface area contributed by atoms with Gasteiger partial charge < -0.3 is 5.73 Å². The summed E-state index contributed by atoms with van der Waals surface area (Å²) in [6.07, 6.45) is -2.97. The van der Waals surface area contributed by atoms with Crippen molar-refractivity contribution in [1.29, 1.82) is 0 Å². The Bertz CT molecular complexity index is 624. The highest BCUT2D eigenvalue weighted by molar-refractivity contribution is 6.30. The molecule has 0 unspecified atom stereocenters. The number of anilines is 1. The van der Waals surface area contributed by atoms with E-state index in [1.165, 1.54) is 12.3 Å². The summed E-state index contributed by atoms with van der Waals surface area (Å²) in [7, 11) is 0. The van der Waals surface area contributed by atoms with Gasteiger partial charge in [-0.1, -0.05) is 11.6 Å². The Labute approximate surface area is 113 Å². The molecule has 1 heterocycles. The first-order chi connectivity index (χ1) is 8.80. The van der Waals surface area contributed by atoms with E-state index < -0.39 is 11.7 Å². The number of hydrogen-bond acceptors (Lipinski definition) is 2. The monoisotopic (exact) mass is 286 g/mol. The van der Waals surface area contributed by atoms with Gasteiger partial charge in [0.2, 0.25) is 0 Å². The number of hydrogen-bond donors (Lipinski definition) is 1. The van der Waals surface area contributed by atoms with Crippen molar-refractivity contribution in [3.63, 3.8) is 0 Å². The molecule has 100 valence electrons. The number of alkyl halides is 3. The molecule has 0 spiro atoms. The lowest BCUT2D eigenvalue weighted by atomic mass is 9.98. The quantitative estimate of drug-likeness (QED) is 0.626. The Kier molecular flexibility index (Phi) is 3.41. The molecule has 0 bridgehead atoms. The van der Waals surface area contributed by atoms with E-state index in [4.69, 9.17) is 17.3 Å². The second kappa shape index (κ2) is 4.74. The van der Waals surface area contributed by atoms with E-state index in [0.717, 1.165) is 12.1 Å². The molecule has 1 aromatic carbocycles. The Morgan fingerprint density at radius 1 is 1.16 bits per heavy atom. The molecular formula is C13H10ClF3N2. The van der Waals surface area contributed by atoms with Crippen molar-refractivity contribution in [2.75, 3.05) is 5.73 Å². The summed E-state index contributed by atoms with van der Waals surface area (Å²) < 4.78 is 38.1. The standard InChI is InChI=1S/C13H10ClF3N2/c1-7-9(4-5-19-12(7)14)10-6-8(13(15,16)17)2-3-11(10)18/h2-6H,18H2,1H3. The predicted octanol–water partition coefficient (Wildman–Crippen LogP) is 4.31. The smallest absolute Gasteiger partial charge is 0.398 e. The fourth-order valence-corrected chi connectivity index (χ4v) is 1.93. The molecule has 0 saturated carbocycles. The van der Waals surface area contributed by atoms with E-state index in [9.17, 15) is 13.2 Å². The van der Waals surface area contributed by atoms with Crippen molar-refractivity contribution < 1.29 is 13.2 Å². The summed E-state index contributed by atoms with van der Waals surface area (Å²) in [4.78, 5) is 3.87. The van der Waals surface area contributed by atoms with E-state index in [1.807, 2.05) is 0 Å². The number of aromatic nitrogens is 1. The van der Waals surface area contributed by atoms with Gasteiger partial charge in [-0.3, -0.25) is 0 Å². The highest BCUT2D eigenvalue weighted by Crippen LogP contribution is 2.36. The second-order valence-electron chi connectivity index (χ2n) is 4.07. The minimum absolute atomic E-state index is 0.245. The third-order valence-electron chi connectivity index (χ3n) is 2.81. The Morgan fingerprint density at radius 2 is 1.84 bits per heavy atom. The third kappa shape index (κ3) is 2.66. The highest BCUT2D eigenvalue weighted by Gasteiger charge is 2.31. The molecule has 0 atom stereocenters. The molecule has 0 saturated heterocycles. The van der Waals surface area contributed by atoms with Gasteiger partial charge in [-0.2, -0.15) is 13.2 Å². The Hall–Kier alpha value is -1.75. The van der Waals surface area contributed by atoms with Gasteiger partial charge in [0.1, 0.15) is 5.15 Å². The number of pyridine rings is 1. The lowest BCUT2D eigenvalue weighted by Gasteiger charge is -2.13. The first-order valence-electron chi connectivity index (χ1n) is 5.39. The molecule has 0 aliphatic heterocycles. The molecule has 0 radical (unpaired) electrons. The molecule has 2 rings (SSSR count). The van der Waals surface area contributed by atoms with E-state index in [2.05, 4.69) is 4.98 Å².